The number of carbonyl (C=O) groups is 1. The van der Waals surface area contributed by atoms with Crippen molar-refractivity contribution in [2.24, 2.45) is 0 Å². The number of anilines is 1. The SMILES string of the molecule is O=C(Nc1ccc2cc(Br)ccc2c1)c1cnccn1. The maximum Gasteiger partial charge on any atom is 0.275 e. The van der Waals surface area contributed by atoms with Crippen LogP contribution in [0.25, 0.3) is 10.8 Å². The van der Waals surface area contributed by atoms with E-state index in [0.717, 1.165) is 20.9 Å². The van der Waals surface area contributed by atoms with E-state index in [0.29, 0.717) is 5.69 Å². The first-order chi connectivity index (χ1) is 9.72. The predicted octanol–water partition coefficient (Wildman–Crippen LogP) is 3.64. The average Bonchev–Trinajstić information content (AvgIpc) is 2.48. The average molecular weight is 328 g/mol. The van der Waals surface area contributed by atoms with Gasteiger partial charge in [-0.3, -0.25) is 9.78 Å². The number of fused-ring (bicyclic) bond motifs is 1. The van der Waals surface area contributed by atoms with Crippen molar-refractivity contribution in [2.45, 2.75) is 0 Å². The van der Waals surface area contributed by atoms with Crippen molar-refractivity contribution in [3.8, 4) is 0 Å². The first kappa shape index (κ1) is 12.7. The van der Waals surface area contributed by atoms with Crippen molar-refractivity contribution in [3.05, 3.63) is 65.2 Å². The lowest BCUT2D eigenvalue weighted by atomic mass is 10.1. The van der Waals surface area contributed by atoms with Gasteiger partial charge >= 0.3 is 0 Å². The first-order valence-electron chi connectivity index (χ1n) is 5.99. The minimum atomic E-state index is -0.269. The molecule has 3 aromatic rings. The van der Waals surface area contributed by atoms with Crippen molar-refractivity contribution >= 4 is 38.3 Å². The Hall–Kier alpha value is -2.27. The first-order valence-corrected chi connectivity index (χ1v) is 6.78. The highest BCUT2D eigenvalue weighted by Gasteiger charge is 2.07. The van der Waals surface area contributed by atoms with Gasteiger partial charge in [-0.1, -0.05) is 28.1 Å². The molecule has 2 aromatic carbocycles. The van der Waals surface area contributed by atoms with Crippen LogP contribution in [0.2, 0.25) is 0 Å². The third-order valence-corrected chi connectivity index (χ3v) is 3.35. The van der Waals surface area contributed by atoms with Gasteiger partial charge in [0.15, 0.2) is 0 Å². The molecule has 1 amide bonds. The lowest BCUT2D eigenvalue weighted by Crippen LogP contribution is -2.13. The summed E-state index contributed by atoms with van der Waals surface area (Å²) in [7, 11) is 0. The third-order valence-electron chi connectivity index (χ3n) is 2.86. The summed E-state index contributed by atoms with van der Waals surface area (Å²) in [6.45, 7) is 0. The van der Waals surface area contributed by atoms with Crippen LogP contribution in [0.3, 0.4) is 0 Å². The number of rotatable bonds is 2. The standard InChI is InChI=1S/C15H10BrN3O/c16-12-3-1-11-8-13(4-2-10(11)7-12)19-15(20)14-9-17-5-6-18-14/h1-9H,(H,19,20). The summed E-state index contributed by atoms with van der Waals surface area (Å²) in [6, 6.07) is 11.8. The predicted molar refractivity (Wildman–Crippen MR) is 81.6 cm³/mol. The number of hydrogen-bond donors (Lipinski definition) is 1. The highest BCUT2D eigenvalue weighted by molar-refractivity contribution is 9.10. The summed E-state index contributed by atoms with van der Waals surface area (Å²) < 4.78 is 1.03. The highest BCUT2D eigenvalue weighted by atomic mass is 79.9. The molecular weight excluding hydrogens is 318 g/mol. The van der Waals surface area contributed by atoms with Gasteiger partial charge in [0, 0.05) is 22.6 Å². The molecule has 1 heterocycles. The van der Waals surface area contributed by atoms with Crippen LogP contribution in [-0.2, 0) is 0 Å². The summed E-state index contributed by atoms with van der Waals surface area (Å²) in [4.78, 5) is 19.8. The number of carbonyl (C=O) groups excluding carboxylic acids is 1. The number of nitrogens with zero attached hydrogens (tertiary/aromatic N) is 2. The normalized spacial score (nSPS) is 10.4. The number of hydrogen-bond acceptors (Lipinski definition) is 3. The second-order valence-corrected chi connectivity index (χ2v) is 5.17. The Balaban J connectivity index is 1.88. The maximum atomic E-state index is 12.0. The van der Waals surface area contributed by atoms with Crippen molar-refractivity contribution in [2.75, 3.05) is 5.32 Å². The molecule has 0 atom stereocenters. The number of nitrogens with one attached hydrogen (secondary N) is 1. The van der Waals surface area contributed by atoms with Crippen LogP contribution in [0.15, 0.2) is 59.5 Å². The molecule has 0 aliphatic heterocycles. The second-order valence-electron chi connectivity index (χ2n) is 4.25. The third kappa shape index (κ3) is 2.67. The van der Waals surface area contributed by atoms with Gasteiger partial charge < -0.3 is 5.32 Å². The fraction of sp³-hybridized carbons (Fsp3) is 0. The molecule has 0 saturated carbocycles. The van der Waals surface area contributed by atoms with Crippen molar-refractivity contribution in [1.82, 2.24) is 9.97 Å². The molecule has 0 bridgehead atoms. The molecule has 1 N–H and O–H groups in total. The van der Waals surface area contributed by atoms with Gasteiger partial charge in [0.05, 0.1) is 6.20 Å². The molecule has 0 unspecified atom stereocenters. The fourth-order valence-corrected chi connectivity index (χ4v) is 2.28. The monoisotopic (exact) mass is 327 g/mol. The molecule has 0 aliphatic carbocycles. The Kier molecular flexibility index (Phi) is 3.43. The van der Waals surface area contributed by atoms with Crippen molar-refractivity contribution in [1.29, 1.82) is 0 Å². The smallest absolute Gasteiger partial charge is 0.275 e. The van der Waals surface area contributed by atoms with E-state index in [-0.39, 0.29) is 5.91 Å². The van der Waals surface area contributed by atoms with E-state index in [4.69, 9.17) is 0 Å². The van der Waals surface area contributed by atoms with Crippen LogP contribution in [0.5, 0.6) is 0 Å². The topological polar surface area (TPSA) is 54.9 Å². The Morgan fingerprint density at radius 3 is 2.65 bits per heavy atom. The summed E-state index contributed by atoms with van der Waals surface area (Å²) in [5.41, 5.74) is 1.03. The molecule has 0 spiro atoms. The van der Waals surface area contributed by atoms with Gasteiger partial charge in [0.1, 0.15) is 5.69 Å². The highest BCUT2D eigenvalue weighted by Crippen LogP contribution is 2.23. The van der Waals surface area contributed by atoms with E-state index in [1.807, 2.05) is 36.4 Å². The molecule has 1 aromatic heterocycles. The maximum absolute atomic E-state index is 12.0. The number of halogens is 1. The lowest BCUT2D eigenvalue weighted by Gasteiger charge is -2.06. The van der Waals surface area contributed by atoms with Crippen molar-refractivity contribution < 1.29 is 4.79 Å². The van der Waals surface area contributed by atoms with Gasteiger partial charge in [-0.15, -0.1) is 0 Å². The quantitative estimate of drug-likeness (QED) is 0.781. The summed E-state index contributed by atoms with van der Waals surface area (Å²) in [6.07, 6.45) is 4.46. The molecule has 0 radical (unpaired) electrons. The van der Waals surface area contributed by atoms with Gasteiger partial charge in [0.2, 0.25) is 0 Å². The van der Waals surface area contributed by atoms with E-state index >= 15 is 0 Å². The molecular formula is C15H10BrN3O. The minimum absolute atomic E-state index is 0.269. The number of benzene rings is 2. The van der Waals surface area contributed by atoms with Crippen LogP contribution in [0.1, 0.15) is 10.5 Å². The molecule has 3 rings (SSSR count). The summed E-state index contributed by atoms with van der Waals surface area (Å²) in [5, 5.41) is 4.98. The molecule has 0 fully saturated rings. The Morgan fingerprint density at radius 2 is 1.85 bits per heavy atom. The fourth-order valence-electron chi connectivity index (χ4n) is 1.91. The van der Waals surface area contributed by atoms with Crippen LogP contribution in [0.4, 0.5) is 5.69 Å². The molecule has 98 valence electrons. The largest absolute Gasteiger partial charge is 0.321 e. The zero-order valence-electron chi connectivity index (χ0n) is 10.4. The zero-order chi connectivity index (χ0) is 13.9. The van der Waals surface area contributed by atoms with Crippen LogP contribution < -0.4 is 5.32 Å². The van der Waals surface area contributed by atoms with E-state index in [2.05, 4.69) is 31.2 Å². The second kappa shape index (κ2) is 5.38. The molecule has 5 heteroatoms. The van der Waals surface area contributed by atoms with Gasteiger partial charge in [-0.2, -0.15) is 0 Å². The van der Waals surface area contributed by atoms with E-state index in [9.17, 15) is 4.79 Å². The van der Waals surface area contributed by atoms with Gasteiger partial charge in [0.25, 0.3) is 5.91 Å². The Morgan fingerprint density at radius 1 is 1.05 bits per heavy atom. The molecule has 0 aliphatic rings. The number of amides is 1. The molecule has 4 nitrogen and oxygen atoms in total. The zero-order valence-corrected chi connectivity index (χ0v) is 12.0. The summed E-state index contributed by atoms with van der Waals surface area (Å²) in [5.74, 6) is -0.269. The molecule has 20 heavy (non-hydrogen) atoms. The lowest BCUT2D eigenvalue weighted by molar-refractivity contribution is 0.102. The minimum Gasteiger partial charge on any atom is -0.321 e. The van der Waals surface area contributed by atoms with Gasteiger partial charge in [-0.05, 0) is 35.0 Å². The Bertz CT molecular complexity index is 774. The van der Waals surface area contributed by atoms with Crippen molar-refractivity contribution in [3.63, 3.8) is 0 Å². The van der Waals surface area contributed by atoms with Crippen LogP contribution >= 0.6 is 15.9 Å². The Labute approximate surface area is 124 Å². The summed E-state index contributed by atoms with van der Waals surface area (Å²) >= 11 is 3.44. The van der Waals surface area contributed by atoms with E-state index < -0.39 is 0 Å². The molecule has 0 saturated heterocycles. The number of aromatic nitrogens is 2. The van der Waals surface area contributed by atoms with Crippen LogP contribution in [0, 0.1) is 0 Å². The van der Waals surface area contributed by atoms with Crippen LogP contribution in [-0.4, -0.2) is 15.9 Å². The van der Waals surface area contributed by atoms with Gasteiger partial charge in [-0.25, -0.2) is 4.98 Å². The van der Waals surface area contributed by atoms with E-state index in [1.165, 1.54) is 18.6 Å². The van der Waals surface area contributed by atoms with E-state index in [1.54, 1.807) is 0 Å².